The summed E-state index contributed by atoms with van der Waals surface area (Å²) in [5.41, 5.74) is 7.71. The minimum absolute atomic E-state index is 0.523. The lowest BCUT2D eigenvalue weighted by Crippen LogP contribution is -2.36. The number of methoxy groups -OCH3 is 1. The predicted molar refractivity (Wildman–Crippen MR) is 69.7 cm³/mol. The lowest BCUT2D eigenvalue weighted by molar-refractivity contribution is 0.0855. The fourth-order valence-electron chi connectivity index (χ4n) is 2.21. The summed E-state index contributed by atoms with van der Waals surface area (Å²) >= 11 is 0. The van der Waals surface area contributed by atoms with E-state index < -0.39 is 0 Å². The van der Waals surface area contributed by atoms with Crippen LogP contribution in [0.1, 0.15) is 12.8 Å². The molecule has 1 aromatic rings. The summed E-state index contributed by atoms with van der Waals surface area (Å²) in [5, 5.41) is 0. The van der Waals surface area contributed by atoms with E-state index in [9.17, 15) is 0 Å². The summed E-state index contributed by atoms with van der Waals surface area (Å²) in [6.45, 7) is 1.68. The third kappa shape index (κ3) is 2.82. The van der Waals surface area contributed by atoms with Crippen LogP contribution in [0.2, 0.25) is 0 Å². The molecule has 1 fully saturated rings. The highest BCUT2D eigenvalue weighted by molar-refractivity contribution is 5.60. The number of hydrogen-bond acceptors (Lipinski definition) is 4. The molecule has 0 bridgehead atoms. The monoisotopic (exact) mass is 236 g/mol. The zero-order valence-corrected chi connectivity index (χ0v) is 10.5. The minimum Gasteiger partial charge on any atom is -0.497 e. The molecule has 1 aliphatic heterocycles. The molecule has 2 N–H and O–H groups in total. The minimum atomic E-state index is 0.523. The van der Waals surface area contributed by atoms with E-state index in [1.807, 2.05) is 18.2 Å². The molecule has 0 aromatic heterocycles. The Morgan fingerprint density at radius 2 is 2.00 bits per heavy atom. The Kier molecular flexibility index (Phi) is 3.74. The van der Waals surface area contributed by atoms with E-state index in [1.165, 1.54) is 0 Å². The van der Waals surface area contributed by atoms with Crippen LogP contribution in [0.3, 0.4) is 0 Å². The van der Waals surface area contributed by atoms with Gasteiger partial charge in [-0.25, -0.2) is 0 Å². The van der Waals surface area contributed by atoms with Gasteiger partial charge in [0.05, 0.1) is 7.11 Å². The van der Waals surface area contributed by atoms with E-state index in [2.05, 4.69) is 11.9 Å². The van der Waals surface area contributed by atoms with Crippen molar-refractivity contribution in [3.63, 3.8) is 0 Å². The molecule has 1 aromatic carbocycles. The van der Waals surface area contributed by atoms with Gasteiger partial charge >= 0.3 is 0 Å². The Hall–Kier alpha value is -1.42. The van der Waals surface area contributed by atoms with Crippen molar-refractivity contribution in [1.82, 2.24) is 0 Å². The van der Waals surface area contributed by atoms with E-state index in [-0.39, 0.29) is 0 Å². The number of benzene rings is 1. The van der Waals surface area contributed by atoms with Gasteiger partial charge in [-0.05, 0) is 18.9 Å². The second-order valence-electron chi connectivity index (χ2n) is 4.42. The summed E-state index contributed by atoms with van der Waals surface area (Å²) in [7, 11) is 3.76. The number of hydrogen-bond donors (Lipinski definition) is 1. The number of ether oxygens (including phenoxy) is 2. The van der Waals surface area contributed by atoms with Crippen molar-refractivity contribution in [3.05, 3.63) is 18.2 Å². The van der Waals surface area contributed by atoms with Crippen LogP contribution >= 0.6 is 0 Å². The van der Waals surface area contributed by atoms with Gasteiger partial charge in [-0.15, -0.1) is 0 Å². The number of rotatable bonds is 3. The van der Waals surface area contributed by atoms with Crippen molar-refractivity contribution in [2.24, 2.45) is 0 Å². The maximum atomic E-state index is 5.87. The summed E-state index contributed by atoms with van der Waals surface area (Å²) < 4.78 is 10.6. The number of nitrogens with two attached hydrogens (primary N) is 1. The highest BCUT2D eigenvalue weighted by Crippen LogP contribution is 2.27. The molecule has 0 aliphatic carbocycles. The van der Waals surface area contributed by atoms with E-state index >= 15 is 0 Å². The predicted octanol–water partition coefficient (Wildman–Crippen LogP) is 1.89. The largest absolute Gasteiger partial charge is 0.497 e. The van der Waals surface area contributed by atoms with Crippen LogP contribution in [0.5, 0.6) is 5.75 Å². The molecular formula is C13H20N2O2. The topological polar surface area (TPSA) is 47.7 Å². The third-order valence-corrected chi connectivity index (χ3v) is 3.30. The van der Waals surface area contributed by atoms with E-state index in [0.29, 0.717) is 6.04 Å². The lowest BCUT2D eigenvalue weighted by atomic mass is 10.1. The maximum Gasteiger partial charge on any atom is 0.122 e. The average molecular weight is 236 g/mol. The summed E-state index contributed by atoms with van der Waals surface area (Å²) in [6, 6.07) is 6.36. The van der Waals surface area contributed by atoms with E-state index in [1.54, 1.807) is 7.11 Å². The van der Waals surface area contributed by atoms with Crippen LogP contribution in [-0.4, -0.2) is 33.4 Å². The quantitative estimate of drug-likeness (QED) is 0.814. The molecule has 0 saturated carbocycles. The highest BCUT2D eigenvalue weighted by Gasteiger charge is 2.19. The number of nitrogen functional groups attached to an aromatic ring is 1. The van der Waals surface area contributed by atoms with Gasteiger partial charge in [0.25, 0.3) is 0 Å². The van der Waals surface area contributed by atoms with Gasteiger partial charge in [0.15, 0.2) is 0 Å². The molecule has 1 saturated heterocycles. The van der Waals surface area contributed by atoms with Crippen molar-refractivity contribution in [2.75, 3.05) is 38.0 Å². The molecule has 4 heteroatoms. The van der Waals surface area contributed by atoms with Crippen LogP contribution in [0, 0.1) is 0 Å². The molecule has 94 valence electrons. The molecule has 0 spiro atoms. The first-order valence-electron chi connectivity index (χ1n) is 5.96. The normalized spacial score (nSPS) is 16.8. The van der Waals surface area contributed by atoms with Gasteiger partial charge in [0, 0.05) is 49.8 Å². The van der Waals surface area contributed by atoms with Crippen molar-refractivity contribution in [1.29, 1.82) is 0 Å². The second-order valence-corrected chi connectivity index (χ2v) is 4.42. The first-order valence-corrected chi connectivity index (χ1v) is 5.96. The SMILES string of the molecule is COc1cc(N)cc(N(C)C2CCOCC2)c1. The fourth-order valence-corrected chi connectivity index (χ4v) is 2.21. The van der Waals surface area contributed by atoms with Gasteiger partial charge in [-0.3, -0.25) is 0 Å². The summed E-state index contributed by atoms with van der Waals surface area (Å²) in [6.07, 6.45) is 2.13. The van der Waals surface area contributed by atoms with Crippen molar-refractivity contribution >= 4 is 11.4 Å². The van der Waals surface area contributed by atoms with Crippen LogP contribution < -0.4 is 15.4 Å². The Labute approximate surface area is 102 Å². The first-order chi connectivity index (χ1) is 8.20. The Balaban J connectivity index is 2.17. The van der Waals surface area contributed by atoms with Crippen LogP contribution in [0.4, 0.5) is 11.4 Å². The summed E-state index contributed by atoms with van der Waals surface area (Å²) in [5.74, 6) is 0.805. The molecule has 0 amide bonds. The number of nitrogens with zero attached hydrogens (tertiary/aromatic N) is 1. The Bertz CT molecular complexity index is 376. The molecule has 2 rings (SSSR count). The molecule has 4 nitrogen and oxygen atoms in total. The third-order valence-electron chi connectivity index (χ3n) is 3.30. The standard InChI is InChI=1S/C13H20N2O2/c1-15(11-3-5-17-6-4-11)12-7-10(14)8-13(9-12)16-2/h7-9,11H,3-6,14H2,1-2H3. The van der Waals surface area contributed by atoms with Crippen LogP contribution in [0.25, 0.3) is 0 Å². The molecule has 17 heavy (non-hydrogen) atoms. The van der Waals surface area contributed by atoms with Crippen LogP contribution in [-0.2, 0) is 4.74 Å². The number of anilines is 2. The highest BCUT2D eigenvalue weighted by atomic mass is 16.5. The van der Waals surface area contributed by atoms with Gasteiger partial charge in [-0.2, -0.15) is 0 Å². The van der Waals surface area contributed by atoms with Crippen molar-refractivity contribution < 1.29 is 9.47 Å². The molecule has 1 aliphatic rings. The first kappa shape index (κ1) is 12.0. The summed E-state index contributed by atoms with van der Waals surface area (Å²) in [4.78, 5) is 2.27. The van der Waals surface area contributed by atoms with E-state index in [4.69, 9.17) is 15.2 Å². The molecule has 0 unspecified atom stereocenters. The van der Waals surface area contributed by atoms with Crippen molar-refractivity contribution in [2.45, 2.75) is 18.9 Å². The van der Waals surface area contributed by atoms with E-state index in [0.717, 1.165) is 43.2 Å². The molecule has 1 heterocycles. The second kappa shape index (κ2) is 5.27. The maximum absolute atomic E-state index is 5.87. The van der Waals surface area contributed by atoms with Gasteiger partial charge in [0.1, 0.15) is 5.75 Å². The molecule has 0 atom stereocenters. The molecule has 0 radical (unpaired) electrons. The Morgan fingerprint density at radius 1 is 1.29 bits per heavy atom. The Morgan fingerprint density at radius 3 is 2.65 bits per heavy atom. The van der Waals surface area contributed by atoms with Gasteiger partial charge in [0.2, 0.25) is 0 Å². The van der Waals surface area contributed by atoms with Crippen LogP contribution in [0.15, 0.2) is 18.2 Å². The zero-order valence-electron chi connectivity index (χ0n) is 10.5. The zero-order chi connectivity index (χ0) is 12.3. The van der Waals surface area contributed by atoms with Gasteiger partial charge < -0.3 is 20.1 Å². The average Bonchev–Trinajstić information content (AvgIpc) is 2.38. The van der Waals surface area contributed by atoms with Crippen molar-refractivity contribution in [3.8, 4) is 5.75 Å². The van der Waals surface area contributed by atoms with Gasteiger partial charge in [-0.1, -0.05) is 0 Å². The smallest absolute Gasteiger partial charge is 0.122 e. The molecular weight excluding hydrogens is 216 g/mol. The fraction of sp³-hybridized carbons (Fsp3) is 0.538. The lowest BCUT2D eigenvalue weighted by Gasteiger charge is -2.33.